The van der Waals surface area contributed by atoms with Crippen molar-refractivity contribution in [2.45, 2.75) is 58.4 Å². The number of carbonyl (C=O) groups excluding carboxylic acids is 4. The summed E-state index contributed by atoms with van der Waals surface area (Å²) in [5, 5.41) is 9.22. The van der Waals surface area contributed by atoms with Gasteiger partial charge in [-0.15, -0.1) is 0 Å². The lowest BCUT2D eigenvalue weighted by Crippen LogP contribution is -2.47. The Labute approximate surface area is 186 Å². The van der Waals surface area contributed by atoms with Gasteiger partial charge in [0.15, 0.2) is 5.78 Å². The smallest absolute Gasteiger partial charge is 0.408 e. The maximum absolute atomic E-state index is 12.5. The molecule has 0 radical (unpaired) electrons. The first kappa shape index (κ1) is 24.8. The van der Waals surface area contributed by atoms with Crippen LogP contribution in [0.4, 0.5) is 4.79 Å². The molecule has 0 aromatic heterocycles. The van der Waals surface area contributed by atoms with E-state index in [1.165, 1.54) is 14.0 Å². The molecule has 2 N–H and O–H groups in total. The average molecular weight is 447 g/mol. The monoisotopic (exact) mass is 447 g/mol. The quantitative estimate of drug-likeness (QED) is 0.522. The molecule has 0 spiro atoms. The molecular formula is C22H29N3O7. The number of carbonyl (C=O) groups is 4. The van der Waals surface area contributed by atoms with Crippen LogP contribution in [0.25, 0.3) is 0 Å². The van der Waals surface area contributed by atoms with Crippen molar-refractivity contribution in [3.63, 3.8) is 0 Å². The molecule has 10 heteroatoms. The SMILES string of the molecule is COC(=O)C[C@H](NC(=O)C1CC([C@@H](NC(=O)OCc2ccccc2)C(C)C)=NO1)C(C)=O. The number of ketones is 1. The number of hydrogen-bond donors (Lipinski definition) is 2. The van der Waals surface area contributed by atoms with Crippen LogP contribution in [0.5, 0.6) is 0 Å². The van der Waals surface area contributed by atoms with E-state index in [1.54, 1.807) is 0 Å². The molecular weight excluding hydrogens is 418 g/mol. The molecule has 3 atom stereocenters. The maximum atomic E-state index is 12.5. The van der Waals surface area contributed by atoms with E-state index in [2.05, 4.69) is 20.5 Å². The van der Waals surface area contributed by atoms with Gasteiger partial charge in [0, 0.05) is 6.42 Å². The largest absolute Gasteiger partial charge is 0.469 e. The van der Waals surface area contributed by atoms with E-state index in [-0.39, 0.29) is 31.1 Å². The Morgan fingerprint density at radius 2 is 1.84 bits per heavy atom. The van der Waals surface area contributed by atoms with Crippen LogP contribution in [-0.4, -0.2) is 54.8 Å². The normalized spacial score (nSPS) is 16.9. The molecule has 2 rings (SSSR count). The predicted octanol–water partition coefficient (Wildman–Crippen LogP) is 1.72. The Bertz CT molecular complexity index is 854. The summed E-state index contributed by atoms with van der Waals surface area (Å²) in [4.78, 5) is 53.2. The van der Waals surface area contributed by atoms with Gasteiger partial charge in [-0.2, -0.15) is 0 Å². The summed E-state index contributed by atoms with van der Waals surface area (Å²) in [6, 6.07) is 7.75. The first-order valence-corrected chi connectivity index (χ1v) is 10.3. The van der Waals surface area contributed by atoms with Crippen LogP contribution in [0.2, 0.25) is 0 Å². The average Bonchev–Trinajstić information content (AvgIpc) is 3.25. The maximum Gasteiger partial charge on any atom is 0.408 e. The third-order valence-corrected chi connectivity index (χ3v) is 4.90. The molecule has 0 saturated carbocycles. The van der Waals surface area contributed by atoms with Crippen molar-refractivity contribution in [2.75, 3.05) is 7.11 Å². The zero-order valence-corrected chi connectivity index (χ0v) is 18.6. The molecule has 1 aliphatic heterocycles. The van der Waals surface area contributed by atoms with Crippen LogP contribution >= 0.6 is 0 Å². The Balaban J connectivity index is 1.91. The van der Waals surface area contributed by atoms with Crippen LogP contribution in [0, 0.1) is 5.92 Å². The summed E-state index contributed by atoms with van der Waals surface area (Å²) in [7, 11) is 1.20. The summed E-state index contributed by atoms with van der Waals surface area (Å²) in [6.07, 6.45) is -1.75. The molecule has 1 aromatic rings. The van der Waals surface area contributed by atoms with Crippen molar-refractivity contribution in [1.29, 1.82) is 0 Å². The number of hydrogen-bond acceptors (Lipinski definition) is 8. The number of amides is 2. The van der Waals surface area contributed by atoms with Crippen molar-refractivity contribution in [3.05, 3.63) is 35.9 Å². The van der Waals surface area contributed by atoms with E-state index in [9.17, 15) is 19.2 Å². The number of esters is 1. The van der Waals surface area contributed by atoms with E-state index in [0.29, 0.717) is 5.71 Å². The number of nitrogens with zero attached hydrogens (tertiary/aromatic N) is 1. The van der Waals surface area contributed by atoms with Gasteiger partial charge in [0.1, 0.15) is 6.61 Å². The summed E-state index contributed by atoms with van der Waals surface area (Å²) >= 11 is 0. The standard InChI is InChI=1S/C22H29N3O7/c1-13(2)20(24-22(29)31-12-15-8-6-5-7-9-15)17-10-18(32-25-17)21(28)23-16(14(3)26)11-19(27)30-4/h5-9,13,16,18,20H,10-12H2,1-4H3,(H,23,28)(H,24,29)/t16-,18?,20-/m0/s1. The molecule has 1 heterocycles. The highest BCUT2D eigenvalue weighted by molar-refractivity contribution is 5.99. The Hall–Kier alpha value is -3.43. The lowest BCUT2D eigenvalue weighted by molar-refractivity contribution is -0.143. The number of alkyl carbamates (subject to hydrolysis) is 1. The number of rotatable bonds is 10. The Morgan fingerprint density at radius 1 is 1.16 bits per heavy atom. The fourth-order valence-electron chi connectivity index (χ4n) is 3.06. The number of methoxy groups -OCH3 is 1. The van der Waals surface area contributed by atoms with Crippen LogP contribution in [0.1, 0.15) is 39.2 Å². The summed E-state index contributed by atoms with van der Waals surface area (Å²) in [5.74, 6) is -1.63. The zero-order chi connectivity index (χ0) is 23.7. The predicted molar refractivity (Wildman–Crippen MR) is 115 cm³/mol. The van der Waals surface area contributed by atoms with Crippen LogP contribution in [-0.2, 0) is 35.3 Å². The Morgan fingerprint density at radius 3 is 2.44 bits per heavy atom. The third-order valence-electron chi connectivity index (χ3n) is 4.90. The number of ether oxygens (including phenoxy) is 2. The number of benzene rings is 1. The van der Waals surface area contributed by atoms with Gasteiger partial charge in [-0.1, -0.05) is 49.3 Å². The van der Waals surface area contributed by atoms with Crippen molar-refractivity contribution < 1.29 is 33.5 Å². The van der Waals surface area contributed by atoms with Gasteiger partial charge in [-0.05, 0) is 18.4 Å². The highest BCUT2D eigenvalue weighted by atomic mass is 16.6. The minimum atomic E-state index is -1.02. The van der Waals surface area contributed by atoms with E-state index in [1.807, 2.05) is 44.2 Å². The molecule has 2 amide bonds. The summed E-state index contributed by atoms with van der Waals surface area (Å²) in [6.45, 7) is 5.17. The highest BCUT2D eigenvalue weighted by Crippen LogP contribution is 2.18. The third kappa shape index (κ3) is 7.36. The highest BCUT2D eigenvalue weighted by Gasteiger charge is 2.36. The van der Waals surface area contributed by atoms with Crippen molar-refractivity contribution >= 4 is 29.5 Å². The lowest BCUT2D eigenvalue weighted by atomic mass is 9.95. The van der Waals surface area contributed by atoms with Gasteiger partial charge in [0.2, 0.25) is 6.10 Å². The second-order valence-electron chi connectivity index (χ2n) is 7.76. The van der Waals surface area contributed by atoms with E-state index in [0.717, 1.165) is 5.56 Å². The van der Waals surface area contributed by atoms with Crippen LogP contribution in [0.15, 0.2) is 35.5 Å². The van der Waals surface area contributed by atoms with Gasteiger partial charge in [-0.3, -0.25) is 14.4 Å². The van der Waals surface area contributed by atoms with Crippen molar-refractivity contribution in [1.82, 2.24) is 10.6 Å². The van der Waals surface area contributed by atoms with Gasteiger partial charge in [0.05, 0.1) is 31.3 Å². The van der Waals surface area contributed by atoms with E-state index in [4.69, 9.17) is 9.57 Å². The number of Topliss-reactive ketones (excluding diaryl/α,β-unsaturated/α-hetero) is 1. The molecule has 1 aromatic carbocycles. The molecule has 10 nitrogen and oxygen atoms in total. The molecule has 0 bridgehead atoms. The second kappa shape index (κ2) is 11.8. The minimum absolute atomic E-state index is 0.0484. The first-order chi connectivity index (χ1) is 15.2. The summed E-state index contributed by atoms with van der Waals surface area (Å²) < 4.78 is 9.81. The van der Waals surface area contributed by atoms with Crippen molar-refractivity contribution in [3.8, 4) is 0 Å². The minimum Gasteiger partial charge on any atom is -0.469 e. The van der Waals surface area contributed by atoms with Gasteiger partial charge >= 0.3 is 12.1 Å². The molecule has 174 valence electrons. The zero-order valence-electron chi connectivity index (χ0n) is 18.6. The van der Waals surface area contributed by atoms with E-state index < -0.39 is 36.2 Å². The van der Waals surface area contributed by atoms with Crippen LogP contribution < -0.4 is 10.6 Å². The van der Waals surface area contributed by atoms with Gasteiger partial charge in [0.25, 0.3) is 5.91 Å². The molecule has 0 saturated heterocycles. The van der Waals surface area contributed by atoms with Gasteiger partial charge in [-0.25, -0.2) is 4.79 Å². The molecule has 0 aliphatic carbocycles. The first-order valence-electron chi connectivity index (χ1n) is 10.3. The molecule has 0 fully saturated rings. The molecule has 1 aliphatic rings. The van der Waals surface area contributed by atoms with E-state index >= 15 is 0 Å². The fraction of sp³-hybridized carbons (Fsp3) is 0.500. The Kier molecular flexibility index (Phi) is 9.18. The van der Waals surface area contributed by atoms with Gasteiger partial charge < -0.3 is 24.9 Å². The van der Waals surface area contributed by atoms with Crippen LogP contribution in [0.3, 0.4) is 0 Å². The number of nitrogens with one attached hydrogen (secondary N) is 2. The molecule has 32 heavy (non-hydrogen) atoms. The summed E-state index contributed by atoms with van der Waals surface area (Å²) in [5.41, 5.74) is 1.33. The second-order valence-corrected chi connectivity index (χ2v) is 7.76. The lowest BCUT2D eigenvalue weighted by Gasteiger charge is -2.21. The fourth-order valence-corrected chi connectivity index (χ4v) is 3.06. The molecule has 1 unspecified atom stereocenters. The van der Waals surface area contributed by atoms with Crippen molar-refractivity contribution in [2.24, 2.45) is 11.1 Å². The number of oxime groups is 1. The topological polar surface area (TPSA) is 132 Å².